The topological polar surface area (TPSA) is 169 Å². The van der Waals surface area contributed by atoms with E-state index in [1.165, 1.54) is 31.1 Å². The third-order valence-corrected chi connectivity index (χ3v) is 9.48. The number of aromatic nitrogens is 4. The summed E-state index contributed by atoms with van der Waals surface area (Å²) in [7, 11) is -4.06. The molecule has 2 aromatic heterocycles. The number of anilines is 1. The molecule has 6 atom stereocenters. The number of benzene rings is 1. The summed E-state index contributed by atoms with van der Waals surface area (Å²) in [5.74, 6) is -0.619. The monoisotopic (exact) mass is 641 g/mol. The number of carbonyl (C=O) groups excluding carboxylic acids is 2. The van der Waals surface area contributed by atoms with Gasteiger partial charge in [0.2, 0.25) is 4.58 Å². The third kappa shape index (κ3) is 6.41. The van der Waals surface area contributed by atoms with E-state index < -0.39 is 43.1 Å². The number of aliphatic hydroxyl groups is 1. The Morgan fingerprint density at radius 3 is 2.73 bits per heavy atom. The summed E-state index contributed by atoms with van der Waals surface area (Å²) in [4.78, 5) is 35.6. The number of nitrogens with zero attached hydrogens (tertiary/aromatic N) is 4. The number of nitrogens with two attached hydrogens (primary N) is 1. The maximum Gasteiger partial charge on any atom is 0.380 e. The first-order valence-corrected chi connectivity index (χ1v) is 15.0. The minimum absolute atomic E-state index is 0.0225. The number of halogens is 2. The summed E-state index contributed by atoms with van der Waals surface area (Å²) in [6.45, 7) is 3.88. The second kappa shape index (κ2) is 12.0. The fourth-order valence-corrected chi connectivity index (χ4v) is 6.81. The number of hydrogen-bond acceptors (Lipinski definition) is 11. The van der Waals surface area contributed by atoms with Crippen molar-refractivity contribution in [3.63, 3.8) is 0 Å². The Labute approximate surface area is 238 Å². The lowest BCUT2D eigenvalue weighted by molar-refractivity contribution is -0.120. The first-order chi connectivity index (χ1) is 18.8. The van der Waals surface area contributed by atoms with Gasteiger partial charge in [0.1, 0.15) is 41.4 Å². The molecule has 0 aliphatic carbocycles. The Bertz CT molecular complexity index is 1450. The quantitative estimate of drug-likeness (QED) is 0.218. The van der Waals surface area contributed by atoms with Crippen LogP contribution in [0.15, 0.2) is 36.9 Å². The van der Waals surface area contributed by atoms with Crippen LogP contribution in [0.25, 0.3) is 11.2 Å². The van der Waals surface area contributed by atoms with Gasteiger partial charge in [-0.05, 0) is 47.8 Å². The zero-order valence-electron chi connectivity index (χ0n) is 22.1. The number of aliphatic hydroxyl groups excluding tert-OH is 1. The van der Waals surface area contributed by atoms with Gasteiger partial charge in [-0.1, -0.05) is 25.1 Å². The maximum atomic E-state index is 15.8. The van der Waals surface area contributed by atoms with Crippen LogP contribution in [0.5, 0.6) is 5.75 Å². The van der Waals surface area contributed by atoms with Crippen LogP contribution in [-0.2, 0) is 29.8 Å². The van der Waals surface area contributed by atoms with Gasteiger partial charge in [0, 0.05) is 12.3 Å². The standard InChI is InChI=1S/C25H30BrFN5O7P/c1-14(16(3)34)11-40(36,39-18-7-5-4-6-17(18)9-8-15(2)33)37-10-19-21(35)25(26,27)24(38-19)32-13-31-20-22(28)29-12-30-23(20)32/h4-7,12-14,19,21,24,35H,8-11H2,1-3H3,(H2,28,29,30)/t14-,19-,21+,24-,25?,40?/m1/s1. The highest BCUT2D eigenvalue weighted by Crippen LogP contribution is 2.53. The van der Waals surface area contributed by atoms with E-state index in [2.05, 4.69) is 30.9 Å². The van der Waals surface area contributed by atoms with E-state index in [1.807, 2.05) is 0 Å². The molecule has 4 rings (SSSR count). The molecule has 12 nitrogen and oxygen atoms in total. The van der Waals surface area contributed by atoms with Crippen molar-refractivity contribution in [2.24, 2.45) is 5.92 Å². The molecule has 1 aliphatic rings. The number of imidazole rings is 1. The smallest absolute Gasteiger partial charge is 0.380 e. The van der Waals surface area contributed by atoms with Crippen molar-refractivity contribution in [1.29, 1.82) is 0 Å². The molecule has 1 fully saturated rings. The van der Waals surface area contributed by atoms with Crippen molar-refractivity contribution in [1.82, 2.24) is 19.5 Å². The first kappa shape index (κ1) is 30.2. The van der Waals surface area contributed by atoms with Crippen LogP contribution in [0.3, 0.4) is 0 Å². The predicted molar refractivity (Wildman–Crippen MR) is 147 cm³/mol. The minimum atomic E-state index is -4.06. The van der Waals surface area contributed by atoms with Gasteiger partial charge in [-0.15, -0.1) is 0 Å². The number of rotatable bonds is 12. The van der Waals surface area contributed by atoms with Gasteiger partial charge in [-0.25, -0.2) is 23.9 Å². The van der Waals surface area contributed by atoms with Crippen LogP contribution >= 0.6 is 23.5 Å². The fraction of sp³-hybridized carbons (Fsp3) is 0.480. The highest BCUT2D eigenvalue weighted by Gasteiger charge is 2.57. The van der Waals surface area contributed by atoms with Crippen molar-refractivity contribution < 1.29 is 37.4 Å². The second-order valence-electron chi connectivity index (χ2n) is 9.73. The zero-order chi connectivity index (χ0) is 29.2. The van der Waals surface area contributed by atoms with Crippen LogP contribution in [-0.4, -0.2) is 65.7 Å². The van der Waals surface area contributed by atoms with E-state index in [0.29, 0.717) is 12.0 Å². The SMILES string of the molecule is CC(=O)CCc1ccccc1OP(=O)(C[C@@H](C)C(C)=O)OC[C@H]1O[C@@H](n2cnc3c(N)ncnc32)C(F)(Br)[C@H]1O. The Kier molecular flexibility index (Phi) is 9.05. The van der Waals surface area contributed by atoms with Crippen molar-refractivity contribution in [2.75, 3.05) is 18.5 Å². The largest absolute Gasteiger partial charge is 0.424 e. The predicted octanol–water partition coefficient (Wildman–Crippen LogP) is 3.76. The number of carbonyl (C=O) groups is 2. The van der Waals surface area contributed by atoms with Crippen LogP contribution in [0, 0.1) is 5.92 Å². The fourth-order valence-electron chi connectivity index (χ4n) is 4.17. The number of fused-ring (bicyclic) bond motifs is 1. The van der Waals surface area contributed by atoms with E-state index in [9.17, 15) is 19.3 Å². The summed E-state index contributed by atoms with van der Waals surface area (Å²) >= 11 is 2.92. The van der Waals surface area contributed by atoms with Gasteiger partial charge in [-0.3, -0.25) is 13.9 Å². The van der Waals surface area contributed by atoms with E-state index in [1.54, 1.807) is 31.2 Å². The average molecular weight is 642 g/mol. The molecule has 3 heterocycles. The van der Waals surface area contributed by atoms with Crippen LogP contribution < -0.4 is 10.3 Å². The Morgan fingerprint density at radius 2 is 2.02 bits per heavy atom. The molecule has 2 unspecified atom stereocenters. The molecule has 0 amide bonds. The first-order valence-electron chi connectivity index (χ1n) is 12.5. The molecule has 0 spiro atoms. The van der Waals surface area contributed by atoms with Crippen LogP contribution in [0.4, 0.5) is 10.2 Å². The molecule has 1 saturated heterocycles. The molecule has 15 heteroatoms. The molecule has 1 aliphatic heterocycles. The number of ketones is 2. The lowest BCUT2D eigenvalue weighted by Gasteiger charge is -2.25. The minimum Gasteiger partial charge on any atom is -0.424 e. The van der Waals surface area contributed by atoms with Crippen molar-refractivity contribution in [3.8, 4) is 5.75 Å². The van der Waals surface area contributed by atoms with Gasteiger partial charge in [0.25, 0.3) is 0 Å². The summed E-state index contributed by atoms with van der Waals surface area (Å²) in [6, 6.07) is 6.75. The number of alkyl halides is 2. The van der Waals surface area contributed by atoms with E-state index in [-0.39, 0.29) is 46.9 Å². The van der Waals surface area contributed by atoms with Crippen molar-refractivity contribution in [3.05, 3.63) is 42.5 Å². The summed E-state index contributed by atoms with van der Waals surface area (Å²) in [5.41, 5.74) is 6.86. The molecule has 3 N–H and O–H groups in total. The molecule has 40 heavy (non-hydrogen) atoms. The maximum absolute atomic E-state index is 15.8. The molecule has 0 radical (unpaired) electrons. The molecular formula is C25H30BrFN5O7P. The van der Waals surface area contributed by atoms with Gasteiger partial charge in [0.05, 0.1) is 19.1 Å². The van der Waals surface area contributed by atoms with Gasteiger partial charge >= 0.3 is 7.60 Å². The van der Waals surface area contributed by atoms with E-state index in [0.717, 1.165) is 0 Å². The number of nitrogen functional groups attached to an aromatic ring is 1. The van der Waals surface area contributed by atoms with Crippen molar-refractivity contribution >= 4 is 52.1 Å². The normalized spacial score (nSPS) is 25.0. The highest BCUT2D eigenvalue weighted by molar-refractivity contribution is 9.10. The molecule has 216 valence electrons. The number of ether oxygens (including phenoxy) is 1. The third-order valence-electron chi connectivity index (χ3n) is 6.60. The lowest BCUT2D eigenvalue weighted by atomic mass is 10.1. The molecule has 1 aromatic carbocycles. The average Bonchev–Trinajstić information content (AvgIpc) is 3.41. The second-order valence-corrected chi connectivity index (χ2v) is 13.0. The number of Topliss-reactive ketones (excluding diaryl/α,β-unsaturated/α-hetero) is 2. The van der Waals surface area contributed by atoms with Gasteiger partial charge in [0.15, 0.2) is 17.7 Å². The highest BCUT2D eigenvalue weighted by atomic mass is 79.9. The zero-order valence-corrected chi connectivity index (χ0v) is 24.5. The van der Waals surface area contributed by atoms with Gasteiger partial charge < -0.3 is 24.9 Å². The number of hydrogen-bond donors (Lipinski definition) is 2. The summed E-state index contributed by atoms with van der Waals surface area (Å²) in [5, 5.41) is 10.8. The number of para-hydroxylation sites is 1. The van der Waals surface area contributed by atoms with Crippen LogP contribution in [0.2, 0.25) is 0 Å². The molecule has 0 saturated carbocycles. The van der Waals surface area contributed by atoms with Gasteiger partial charge in [-0.2, -0.15) is 0 Å². The molecular weight excluding hydrogens is 612 g/mol. The van der Waals surface area contributed by atoms with Crippen molar-refractivity contribution in [2.45, 2.75) is 56.6 Å². The molecule has 0 bridgehead atoms. The lowest BCUT2D eigenvalue weighted by Crippen LogP contribution is -2.38. The van der Waals surface area contributed by atoms with Crippen LogP contribution in [0.1, 0.15) is 39.0 Å². The van der Waals surface area contributed by atoms with E-state index in [4.69, 9.17) is 19.5 Å². The molecule has 3 aromatic rings. The Morgan fingerprint density at radius 1 is 1.30 bits per heavy atom. The summed E-state index contributed by atoms with van der Waals surface area (Å²) < 4.78 is 45.9. The number of aryl methyl sites for hydroxylation is 1. The Hall–Kier alpha value is -2.77. The van der Waals surface area contributed by atoms with E-state index >= 15 is 4.39 Å². The Balaban J connectivity index is 1.57. The summed E-state index contributed by atoms with van der Waals surface area (Å²) in [6.07, 6.45) is -1.74.